The summed E-state index contributed by atoms with van der Waals surface area (Å²) in [6, 6.07) is 15.5. The summed E-state index contributed by atoms with van der Waals surface area (Å²) < 4.78 is 4.68. The van der Waals surface area contributed by atoms with Crippen LogP contribution in [0.4, 0.5) is 5.82 Å². The van der Waals surface area contributed by atoms with Gasteiger partial charge >= 0.3 is 0 Å². The molecule has 1 N–H and O–H groups in total. The van der Waals surface area contributed by atoms with Gasteiger partial charge in [0.1, 0.15) is 12.1 Å². The van der Waals surface area contributed by atoms with Crippen LogP contribution in [0.3, 0.4) is 0 Å². The van der Waals surface area contributed by atoms with Crippen molar-refractivity contribution in [2.75, 3.05) is 11.9 Å². The van der Waals surface area contributed by atoms with Crippen LogP contribution in [0.2, 0.25) is 0 Å². The van der Waals surface area contributed by atoms with Gasteiger partial charge in [0, 0.05) is 38.0 Å². The molecule has 122 valence electrons. The second-order valence-electron chi connectivity index (χ2n) is 5.40. The highest BCUT2D eigenvalue weighted by Gasteiger charge is 2.12. The van der Waals surface area contributed by atoms with E-state index < -0.39 is 0 Å². The number of amides is 1. The van der Waals surface area contributed by atoms with Gasteiger partial charge in [0.2, 0.25) is 0 Å². The fourth-order valence-electron chi connectivity index (χ4n) is 2.44. The van der Waals surface area contributed by atoms with Crippen molar-refractivity contribution in [3.63, 3.8) is 0 Å². The number of nitrogens with one attached hydrogen (secondary N) is 1. The third-order valence-electron chi connectivity index (χ3n) is 3.60. The van der Waals surface area contributed by atoms with Gasteiger partial charge in [-0.25, -0.2) is 4.98 Å². The highest BCUT2D eigenvalue weighted by Crippen LogP contribution is 2.18. The van der Waals surface area contributed by atoms with Gasteiger partial charge in [-0.2, -0.15) is 0 Å². The minimum Gasteiger partial charge on any atom is -0.364 e. The second-order valence-corrected chi connectivity index (χ2v) is 5.40. The first kappa shape index (κ1) is 15.7. The van der Waals surface area contributed by atoms with Crippen LogP contribution in [0.5, 0.6) is 0 Å². The monoisotopic (exact) mass is 322 g/mol. The van der Waals surface area contributed by atoms with Gasteiger partial charge in [-0.3, -0.25) is 4.79 Å². The Balaban J connectivity index is 1.69. The lowest BCUT2D eigenvalue weighted by Gasteiger charge is -2.21. The Morgan fingerprint density at radius 1 is 1.17 bits per heavy atom. The van der Waals surface area contributed by atoms with Gasteiger partial charge < -0.3 is 14.7 Å². The molecule has 1 aromatic carbocycles. The van der Waals surface area contributed by atoms with Crippen molar-refractivity contribution >= 4 is 11.7 Å². The van der Waals surface area contributed by atoms with Crippen molar-refractivity contribution in [1.82, 2.24) is 15.5 Å². The van der Waals surface area contributed by atoms with Crippen molar-refractivity contribution in [1.29, 1.82) is 0 Å². The molecule has 0 radical (unpaired) electrons. The average molecular weight is 322 g/mol. The number of rotatable bonds is 6. The highest BCUT2D eigenvalue weighted by atomic mass is 16.5. The zero-order chi connectivity index (χ0) is 16.8. The summed E-state index contributed by atoms with van der Waals surface area (Å²) in [5.74, 6) is 0.561. The van der Waals surface area contributed by atoms with E-state index >= 15 is 0 Å². The number of anilines is 1. The fourth-order valence-corrected chi connectivity index (χ4v) is 2.44. The maximum absolute atomic E-state index is 12.0. The molecule has 0 aliphatic heterocycles. The molecule has 0 aliphatic carbocycles. The van der Waals surface area contributed by atoms with Crippen LogP contribution >= 0.6 is 0 Å². The molecule has 6 heteroatoms. The molecule has 6 nitrogen and oxygen atoms in total. The molecule has 0 saturated heterocycles. The van der Waals surface area contributed by atoms with Crippen molar-refractivity contribution in [3.8, 4) is 0 Å². The van der Waals surface area contributed by atoms with Crippen LogP contribution in [0.1, 0.15) is 21.6 Å². The molecular weight excluding hydrogens is 304 g/mol. The molecule has 0 saturated carbocycles. The van der Waals surface area contributed by atoms with E-state index in [0.29, 0.717) is 6.54 Å². The lowest BCUT2D eigenvalue weighted by atomic mass is 10.2. The normalized spacial score (nSPS) is 10.4. The van der Waals surface area contributed by atoms with Crippen LogP contribution in [-0.4, -0.2) is 23.1 Å². The largest absolute Gasteiger partial charge is 0.364 e. The molecule has 3 aromatic rings. The molecule has 0 bridgehead atoms. The van der Waals surface area contributed by atoms with Crippen LogP contribution in [0.15, 0.2) is 65.5 Å². The van der Waals surface area contributed by atoms with Gasteiger partial charge in [-0.15, -0.1) is 0 Å². The topological polar surface area (TPSA) is 71.3 Å². The Labute approximate surface area is 140 Å². The Morgan fingerprint density at radius 2 is 2.00 bits per heavy atom. The van der Waals surface area contributed by atoms with E-state index in [1.807, 2.05) is 37.4 Å². The summed E-state index contributed by atoms with van der Waals surface area (Å²) in [5.41, 5.74) is 2.40. The van der Waals surface area contributed by atoms with Crippen molar-refractivity contribution in [3.05, 3.63) is 77.8 Å². The van der Waals surface area contributed by atoms with Gasteiger partial charge in [-0.1, -0.05) is 41.6 Å². The first-order valence-corrected chi connectivity index (χ1v) is 7.61. The summed E-state index contributed by atoms with van der Waals surface area (Å²) >= 11 is 0. The Hall–Kier alpha value is -3.15. The van der Waals surface area contributed by atoms with E-state index in [1.54, 1.807) is 6.20 Å². The number of aromatic nitrogens is 2. The predicted octanol–water partition coefficient (Wildman–Crippen LogP) is 2.64. The number of hydrogen-bond donors (Lipinski definition) is 1. The summed E-state index contributed by atoms with van der Waals surface area (Å²) in [6.45, 7) is 1.11. The van der Waals surface area contributed by atoms with E-state index in [9.17, 15) is 4.79 Å². The summed E-state index contributed by atoms with van der Waals surface area (Å²) in [6.07, 6.45) is 3.12. The molecule has 0 unspecified atom stereocenters. The minimum atomic E-state index is -0.274. The molecule has 24 heavy (non-hydrogen) atoms. The summed E-state index contributed by atoms with van der Waals surface area (Å²) in [5, 5.41) is 6.46. The number of pyridine rings is 1. The maximum Gasteiger partial charge on any atom is 0.273 e. The molecule has 2 heterocycles. The fraction of sp³-hybridized carbons (Fsp3) is 0.167. The molecule has 0 fully saturated rings. The first-order chi connectivity index (χ1) is 11.7. The van der Waals surface area contributed by atoms with Gasteiger partial charge in [-0.05, 0) is 11.6 Å². The molecule has 3 rings (SSSR count). The minimum absolute atomic E-state index is 0.262. The SMILES string of the molecule is CN(Cc1ccccc1)c1ncccc1CNC(=O)c1ccon1. The second kappa shape index (κ2) is 7.41. The summed E-state index contributed by atoms with van der Waals surface area (Å²) in [7, 11) is 1.98. The van der Waals surface area contributed by atoms with Crippen molar-refractivity contribution in [2.45, 2.75) is 13.1 Å². The Morgan fingerprint density at radius 3 is 2.75 bits per heavy atom. The Bertz CT molecular complexity index is 788. The van der Waals surface area contributed by atoms with Gasteiger partial charge in [0.15, 0.2) is 5.69 Å². The summed E-state index contributed by atoms with van der Waals surface area (Å²) in [4.78, 5) is 18.5. The number of carbonyl (C=O) groups excluding carboxylic acids is 1. The molecule has 1 amide bonds. The number of hydrogen-bond acceptors (Lipinski definition) is 5. The molecular formula is C18H18N4O2. The van der Waals surface area contributed by atoms with Crippen LogP contribution in [-0.2, 0) is 13.1 Å². The number of nitrogens with zero attached hydrogens (tertiary/aromatic N) is 3. The smallest absolute Gasteiger partial charge is 0.273 e. The van der Waals surface area contributed by atoms with Crippen molar-refractivity contribution in [2.24, 2.45) is 0 Å². The quantitative estimate of drug-likeness (QED) is 0.755. The number of carbonyl (C=O) groups is 1. The average Bonchev–Trinajstić information content (AvgIpc) is 3.15. The molecule has 0 aliphatic rings. The lowest BCUT2D eigenvalue weighted by Crippen LogP contribution is -2.26. The van der Waals surface area contributed by atoms with E-state index in [4.69, 9.17) is 0 Å². The standard InChI is InChI=1S/C18H18N4O2/c1-22(13-14-6-3-2-4-7-14)17-15(8-5-10-19-17)12-20-18(23)16-9-11-24-21-16/h2-11H,12-13H2,1H3,(H,20,23). The Kier molecular flexibility index (Phi) is 4.86. The van der Waals surface area contributed by atoms with Crippen LogP contribution in [0, 0.1) is 0 Å². The van der Waals surface area contributed by atoms with E-state index in [1.165, 1.54) is 17.9 Å². The zero-order valence-corrected chi connectivity index (χ0v) is 13.3. The highest BCUT2D eigenvalue weighted by molar-refractivity contribution is 5.91. The molecule has 0 spiro atoms. The first-order valence-electron chi connectivity index (χ1n) is 7.61. The van der Waals surface area contributed by atoms with Gasteiger partial charge in [0.25, 0.3) is 5.91 Å². The lowest BCUT2D eigenvalue weighted by molar-refractivity contribution is 0.0942. The van der Waals surface area contributed by atoms with E-state index in [2.05, 4.69) is 37.0 Å². The number of benzene rings is 1. The van der Waals surface area contributed by atoms with Gasteiger partial charge in [0.05, 0.1) is 0 Å². The van der Waals surface area contributed by atoms with Crippen LogP contribution < -0.4 is 10.2 Å². The van der Waals surface area contributed by atoms with Crippen LogP contribution in [0.25, 0.3) is 0 Å². The predicted molar refractivity (Wildman–Crippen MR) is 90.5 cm³/mol. The maximum atomic E-state index is 12.0. The molecule has 2 aromatic heterocycles. The zero-order valence-electron chi connectivity index (χ0n) is 13.3. The van der Waals surface area contributed by atoms with E-state index in [-0.39, 0.29) is 11.6 Å². The van der Waals surface area contributed by atoms with Crippen molar-refractivity contribution < 1.29 is 9.32 Å². The van der Waals surface area contributed by atoms with E-state index in [0.717, 1.165) is 17.9 Å². The molecule has 0 atom stereocenters. The third-order valence-corrected chi connectivity index (χ3v) is 3.60. The third kappa shape index (κ3) is 3.78.